The largest absolute Gasteiger partial charge is 0.472 e. The number of nitrogens with one attached hydrogen (secondary N) is 2. The van der Waals surface area contributed by atoms with E-state index in [0.717, 1.165) is 11.1 Å². The first-order chi connectivity index (χ1) is 9.62. The third kappa shape index (κ3) is 3.85. The van der Waals surface area contributed by atoms with Gasteiger partial charge >= 0.3 is 0 Å². The van der Waals surface area contributed by atoms with Crippen LogP contribution in [0.25, 0.3) is 0 Å². The number of hydrogen-bond donors (Lipinski definition) is 3. The van der Waals surface area contributed by atoms with Crippen LogP contribution in [0.15, 0.2) is 44.8 Å². The zero-order chi connectivity index (χ0) is 14.4. The maximum Gasteiger partial charge on any atom is 0.191 e. The Morgan fingerprint density at radius 2 is 2.30 bits per heavy atom. The van der Waals surface area contributed by atoms with Gasteiger partial charge in [-0.05, 0) is 35.4 Å². The molecule has 0 bridgehead atoms. The Bertz CT molecular complexity index is 533. The number of hydrogen-bond acceptors (Lipinski definition) is 4. The molecule has 2 aromatic rings. The zero-order valence-electron chi connectivity index (χ0n) is 11.6. The number of guanidine groups is 1. The Morgan fingerprint density at radius 1 is 1.45 bits per heavy atom. The normalized spacial score (nSPS) is 14.8. The van der Waals surface area contributed by atoms with Crippen molar-refractivity contribution in [3.05, 3.63) is 46.5 Å². The molecule has 0 aliphatic heterocycles. The molecule has 0 saturated carbocycles. The molecule has 0 aliphatic carbocycles. The molecule has 0 spiro atoms. The fourth-order valence-corrected chi connectivity index (χ4v) is 2.51. The maximum absolute atomic E-state index is 10.4. The van der Waals surface area contributed by atoms with Crippen molar-refractivity contribution in [2.45, 2.75) is 19.1 Å². The molecule has 3 N–H and O–H groups in total. The Kier molecular flexibility index (Phi) is 4.81. The molecule has 2 rings (SSSR count). The van der Waals surface area contributed by atoms with Crippen LogP contribution in [-0.4, -0.2) is 24.7 Å². The number of aliphatic imine (C=N–C) groups is 1. The van der Waals surface area contributed by atoms with Crippen molar-refractivity contribution in [1.82, 2.24) is 10.6 Å². The van der Waals surface area contributed by atoms with E-state index in [1.54, 1.807) is 37.8 Å². The van der Waals surface area contributed by atoms with Crippen molar-refractivity contribution in [2.24, 2.45) is 4.99 Å². The van der Waals surface area contributed by atoms with Gasteiger partial charge < -0.3 is 20.2 Å². The lowest BCUT2D eigenvalue weighted by molar-refractivity contribution is 0.0621. The van der Waals surface area contributed by atoms with Crippen LogP contribution in [0.5, 0.6) is 0 Å². The fourth-order valence-electron chi connectivity index (χ4n) is 1.73. The average Bonchev–Trinajstić information content (AvgIpc) is 3.12. The fraction of sp³-hybridized carbons (Fsp3) is 0.357. The van der Waals surface area contributed by atoms with Crippen LogP contribution in [0.1, 0.15) is 18.1 Å². The van der Waals surface area contributed by atoms with E-state index in [4.69, 9.17) is 4.42 Å². The van der Waals surface area contributed by atoms with Gasteiger partial charge in [0, 0.05) is 19.2 Å². The standard InChI is InChI=1S/C14H19N3O2S/c1-14(18,12-4-6-20-9-12)10-17-13(15-2)16-7-11-3-5-19-8-11/h3-6,8-9,18H,7,10H2,1-2H3,(H2,15,16,17). The number of thiophene rings is 1. The van der Waals surface area contributed by atoms with Gasteiger partial charge in [-0.2, -0.15) is 11.3 Å². The van der Waals surface area contributed by atoms with Crippen molar-refractivity contribution >= 4 is 17.3 Å². The topological polar surface area (TPSA) is 69.8 Å². The van der Waals surface area contributed by atoms with Crippen molar-refractivity contribution in [3.8, 4) is 0 Å². The number of rotatable bonds is 5. The van der Waals surface area contributed by atoms with E-state index in [1.807, 2.05) is 22.9 Å². The third-order valence-corrected chi connectivity index (χ3v) is 3.69. The Morgan fingerprint density at radius 3 is 2.90 bits per heavy atom. The lowest BCUT2D eigenvalue weighted by Crippen LogP contribution is -2.44. The molecule has 108 valence electrons. The summed E-state index contributed by atoms with van der Waals surface area (Å²) in [6.07, 6.45) is 3.32. The van der Waals surface area contributed by atoms with Crippen LogP contribution in [-0.2, 0) is 12.1 Å². The quantitative estimate of drug-likeness (QED) is 0.582. The lowest BCUT2D eigenvalue weighted by Gasteiger charge is -2.24. The number of furan rings is 1. The molecule has 2 heterocycles. The van der Waals surface area contributed by atoms with E-state index in [2.05, 4.69) is 15.6 Å². The minimum absolute atomic E-state index is 0.384. The van der Waals surface area contributed by atoms with E-state index in [1.165, 1.54) is 0 Å². The van der Waals surface area contributed by atoms with E-state index < -0.39 is 5.60 Å². The molecule has 0 fully saturated rings. The monoisotopic (exact) mass is 293 g/mol. The van der Waals surface area contributed by atoms with E-state index in [9.17, 15) is 5.11 Å². The average molecular weight is 293 g/mol. The Hall–Kier alpha value is -1.79. The second-order valence-corrected chi connectivity index (χ2v) is 5.48. The molecule has 1 unspecified atom stereocenters. The Labute approximate surface area is 122 Å². The Balaban J connectivity index is 1.85. The predicted octanol–water partition coefficient (Wildman–Crippen LogP) is 1.91. The third-order valence-electron chi connectivity index (χ3n) is 3.01. The van der Waals surface area contributed by atoms with Gasteiger partial charge in [-0.15, -0.1) is 0 Å². The molecule has 0 amide bonds. The first-order valence-electron chi connectivity index (χ1n) is 6.32. The van der Waals surface area contributed by atoms with Gasteiger partial charge in [0.25, 0.3) is 0 Å². The molecular weight excluding hydrogens is 274 g/mol. The number of nitrogens with zero attached hydrogens (tertiary/aromatic N) is 1. The second kappa shape index (κ2) is 6.58. The summed E-state index contributed by atoms with van der Waals surface area (Å²) in [6.45, 7) is 2.79. The van der Waals surface area contributed by atoms with E-state index in [-0.39, 0.29) is 0 Å². The van der Waals surface area contributed by atoms with Crippen LogP contribution in [0.2, 0.25) is 0 Å². The molecular formula is C14H19N3O2S. The van der Waals surface area contributed by atoms with Crippen LogP contribution >= 0.6 is 11.3 Å². The van der Waals surface area contributed by atoms with Crippen LogP contribution in [0, 0.1) is 0 Å². The number of aliphatic hydroxyl groups is 1. The second-order valence-electron chi connectivity index (χ2n) is 4.70. The zero-order valence-corrected chi connectivity index (χ0v) is 12.4. The van der Waals surface area contributed by atoms with Gasteiger partial charge in [-0.25, -0.2) is 0 Å². The highest BCUT2D eigenvalue weighted by molar-refractivity contribution is 7.08. The van der Waals surface area contributed by atoms with Crippen LogP contribution in [0.4, 0.5) is 0 Å². The molecule has 1 atom stereocenters. The van der Waals surface area contributed by atoms with Crippen molar-refractivity contribution < 1.29 is 9.52 Å². The first kappa shape index (κ1) is 14.6. The first-order valence-corrected chi connectivity index (χ1v) is 7.27. The minimum Gasteiger partial charge on any atom is -0.472 e. The highest BCUT2D eigenvalue weighted by Gasteiger charge is 2.23. The highest BCUT2D eigenvalue weighted by Crippen LogP contribution is 2.21. The molecule has 5 nitrogen and oxygen atoms in total. The summed E-state index contributed by atoms with van der Waals surface area (Å²) in [6, 6.07) is 3.82. The van der Waals surface area contributed by atoms with Crippen molar-refractivity contribution in [3.63, 3.8) is 0 Å². The molecule has 20 heavy (non-hydrogen) atoms. The summed E-state index contributed by atoms with van der Waals surface area (Å²) in [5.74, 6) is 0.640. The summed E-state index contributed by atoms with van der Waals surface area (Å²) in [7, 11) is 1.70. The van der Waals surface area contributed by atoms with E-state index in [0.29, 0.717) is 19.0 Å². The minimum atomic E-state index is -0.923. The SMILES string of the molecule is CN=C(NCc1ccoc1)NCC(C)(O)c1ccsc1. The summed E-state index contributed by atoms with van der Waals surface area (Å²) in [4.78, 5) is 4.13. The molecule has 0 aliphatic rings. The predicted molar refractivity (Wildman–Crippen MR) is 80.8 cm³/mol. The maximum atomic E-state index is 10.4. The lowest BCUT2D eigenvalue weighted by atomic mass is 9.99. The van der Waals surface area contributed by atoms with Gasteiger partial charge in [0.05, 0.1) is 19.1 Å². The molecule has 6 heteroatoms. The molecule has 0 radical (unpaired) electrons. The van der Waals surface area contributed by atoms with Gasteiger partial charge in [0.15, 0.2) is 5.96 Å². The van der Waals surface area contributed by atoms with Gasteiger partial charge in [0.1, 0.15) is 5.60 Å². The molecule has 2 aromatic heterocycles. The summed E-state index contributed by atoms with van der Waals surface area (Å²) < 4.78 is 5.00. The van der Waals surface area contributed by atoms with E-state index >= 15 is 0 Å². The van der Waals surface area contributed by atoms with Crippen molar-refractivity contribution in [2.75, 3.05) is 13.6 Å². The highest BCUT2D eigenvalue weighted by atomic mass is 32.1. The molecule has 0 saturated heterocycles. The summed E-state index contributed by atoms with van der Waals surface area (Å²) in [5.41, 5.74) is 1.02. The van der Waals surface area contributed by atoms with Crippen LogP contribution in [0.3, 0.4) is 0 Å². The van der Waals surface area contributed by atoms with Gasteiger partial charge in [0.2, 0.25) is 0 Å². The summed E-state index contributed by atoms with van der Waals surface area (Å²) in [5, 5.41) is 20.6. The smallest absolute Gasteiger partial charge is 0.191 e. The van der Waals surface area contributed by atoms with Gasteiger partial charge in [-0.1, -0.05) is 0 Å². The molecule has 0 aromatic carbocycles. The van der Waals surface area contributed by atoms with Gasteiger partial charge in [-0.3, -0.25) is 4.99 Å². The van der Waals surface area contributed by atoms with Crippen molar-refractivity contribution in [1.29, 1.82) is 0 Å². The van der Waals surface area contributed by atoms with Crippen LogP contribution < -0.4 is 10.6 Å². The summed E-state index contributed by atoms with van der Waals surface area (Å²) >= 11 is 1.57.